The van der Waals surface area contributed by atoms with E-state index in [-0.39, 0.29) is 11.8 Å². The molecule has 0 bridgehead atoms. The van der Waals surface area contributed by atoms with E-state index in [1.54, 1.807) is 18.3 Å². The lowest BCUT2D eigenvalue weighted by Gasteiger charge is -2.17. The van der Waals surface area contributed by atoms with Crippen LogP contribution in [0.15, 0.2) is 42.6 Å². The van der Waals surface area contributed by atoms with Crippen molar-refractivity contribution in [2.45, 2.75) is 19.4 Å². The van der Waals surface area contributed by atoms with E-state index in [0.29, 0.717) is 5.02 Å². The normalized spacial score (nSPS) is 12.3. The van der Waals surface area contributed by atoms with Gasteiger partial charge in [0, 0.05) is 6.20 Å². The molecule has 2 rings (SSSR count). The molecule has 19 heavy (non-hydrogen) atoms. The van der Waals surface area contributed by atoms with Gasteiger partial charge in [0.05, 0.1) is 16.8 Å². The molecule has 0 fully saturated rings. The maximum absolute atomic E-state index is 9.30. The standard InChI is InChI=1S/C15H17ClN2O/c1-2-17-15(14-8-5-12(16)10-18-14)9-11-3-6-13(19)7-4-11/h3-8,10,15,17,19H,2,9H2,1H3. The molecule has 0 saturated carbocycles. The number of nitrogens with zero attached hydrogens (tertiary/aromatic N) is 1. The molecule has 4 heteroatoms. The average Bonchev–Trinajstić information content (AvgIpc) is 2.42. The Morgan fingerprint density at radius 3 is 2.53 bits per heavy atom. The lowest BCUT2D eigenvalue weighted by atomic mass is 10.0. The van der Waals surface area contributed by atoms with Gasteiger partial charge < -0.3 is 10.4 Å². The fraction of sp³-hybridized carbons (Fsp3) is 0.267. The third kappa shape index (κ3) is 3.94. The molecule has 0 saturated heterocycles. The van der Waals surface area contributed by atoms with Gasteiger partial charge in [0.2, 0.25) is 0 Å². The van der Waals surface area contributed by atoms with Crippen LogP contribution >= 0.6 is 11.6 Å². The molecule has 1 aromatic heterocycles. The van der Waals surface area contributed by atoms with Gasteiger partial charge in [-0.2, -0.15) is 0 Å². The molecule has 0 amide bonds. The third-order valence-corrected chi connectivity index (χ3v) is 3.16. The summed E-state index contributed by atoms with van der Waals surface area (Å²) in [5, 5.41) is 13.4. The number of aromatic hydroxyl groups is 1. The SMILES string of the molecule is CCNC(Cc1ccc(O)cc1)c1ccc(Cl)cn1. The van der Waals surface area contributed by atoms with Crippen LogP contribution in [0.1, 0.15) is 24.2 Å². The van der Waals surface area contributed by atoms with Crippen LogP contribution in [0, 0.1) is 0 Å². The lowest BCUT2D eigenvalue weighted by molar-refractivity contribution is 0.474. The first-order valence-electron chi connectivity index (χ1n) is 6.31. The molecule has 1 atom stereocenters. The summed E-state index contributed by atoms with van der Waals surface area (Å²) < 4.78 is 0. The van der Waals surface area contributed by atoms with E-state index in [9.17, 15) is 5.11 Å². The van der Waals surface area contributed by atoms with Gasteiger partial charge in [-0.25, -0.2) is 0 Å². The molecular formula is C15H17ClN2O. The fourth-order valence-electron chi connectivity index (χ4n) is 1.99. The summed E-state index contributed by atoms with van der Waals surface area (Å²) in [7, 11) is 0. The van der Waals surface area contributed by atoms with Crippen LogP contribution in [0.2, 0.25) is 5.02 Å². The number of nitrogens with one attached hydrogen (secondary N) is 1. The van der Waals surface area contributed by atoms with Crippen molar-refractivity contribution in [1.29, 1.82) is 0 Å². The summed E-state index contributed by atoms with van der Waals surface area (Å²) in [6, 6.07) is 11.2. The molecule has 2 aromatic rings. The van der Waals surface area contributed by atoms with Crippen LogP contribution in [0.4, 0.5) is 0 Å². The Balaban J connectivity index is 2.15. The smallest absolute Gasteiger partial charge is 0.115 e. The Hall–Kier alpha value is -1.58. The Morgan fingerprint density at radius 2 is 1.95 bits per heavy atom. The van der Waals surface area contributed by atoms with Crippen molar-refractivity contribution in [3.05, 3.63) is 58.9 Å². The van der Waals surface area contributed by atoms with Crippen molar-refractivity contribution in [2.75, 3.05) is 6.54 Å². The number of halogens is 1. The largest absolute Gasteiger partial charge is 0.508 e. The summed E-state index contributed by atoms with van der Waals surface area (Å²) >= 11 is 5.86. The summed E-state index contributed by atoms with van der Waals surface area (Å²) in [6.45, 7) is 2.94. The first kappa shape index (κ1) is 13.8. The van der Waals surface area contributed by atoms with Crippen LogP contribution in [-0.4, -0.2) is 16.6 Å². The maximum atomic E-state index is 9.30. The van der Waals surface area contributed by atoms with E-state index in [1.807, 2.05) is 24.3 Å². The first-order valence-corrected chi connectivity index (χ1v) is 6.69. The monoisotopic (exact) mass is 276 g/mol. The van der Waals surface area contributed by atoms with Crippen molar-refractivity contribution in [1.82, 2.24) is 10.3 Å². The van der Waals surface area contributed by atoms with Gasteiger partial charge in [0.15, 0.2) is 0 Å². The van der Waals surface area contributed by atoms with E-state index < -0.39 is 0 Å². The summed E-state index contributed by atoms with van der Waals surface area (Å²) in [6.07, 6.45) is 2.49. The second kappa shape index (κ2) is 6.55. The summed E-state index contributed by atoms with van der Waals surface area (Å²) in [4.78, 5) is 4.37. The highest BCUT2D eigenvalue weighted by atomic mass is 35.5. The van der Waals surface area contributed by atoms with Gasteiger partial charge in [0.25, 0.3) is 0 Å². The predicted molar refractivity (Wildman–Crippen MR) is 77.5 cm³/mol. The molecular weight excluding hydrogens is 260 g/mol. The molecule has 0 aliphatic rings. The number of phenols is 1. The lowest BCUT2D eigenvalue weighted by Crippen LogP contribution is -2.23. The molecule has 2 N–H and O–H groups in total. The summed E-state index contributed by atoms with van der Waals surface area (Å²) in [5.41, 5.74) is 2.12. The molecule has 0 aliphatic carbocycles. The molecule has 1 unspecified atom stereocenters. The van der Waals surface area contributed by atoms with Crippen LogP contribution < -0.4 is 5.32 Å². The number of aromatic nitrogens is 1. The number of hydrogen-bond acceptors (Lipinski definition) is 3. The second-order valence-electron chi connectivity index (χ2n) is 4.38. The highest BCUT2D eigenvalue weighted by Gasteiger charge is 2.12. The van der Waals surface area contributed by atoms with E-state index in [2.05, 4.69) is 17.2 Å². The van der Waals surface area contributed by atoms with E-state index >= 15 is 0 Å². The Labute approximate surface area is 118 Å². The molecule has 0 radical (unpaired) electrons. The Kier molecular flexibility index (Phi) is 4.77. The van der Waals surface area contributed by atoms with Gasteiger partial charge in [-0.3, -0.25) is 4.98 Å². The molecule has 0 aliphatic heterocycles. The van der Waals surface area contributed by atoms with Crippen LogP contribution in [-0.2, 0) is 6.42 Å². The van der Waals surface area contributed by atoms with E-state index in [0.717, 1.165) is 24.2 Å². The molecule has 100 valence electrons. The zero-order valence-corrected chi connectivity index (χ0v) is 11.6. The van der Waals surface area contributed by atoms with Gasteiger partial charge in [-0.1, -0.05) is 30.7 Å². The van der Waals surface area contributed by atoms with Crippen molar-refractivity contribution in [3.8, 4) is 5.75 Å². The minimum atomic E-state index is 0.145. The van der Waals surface area contributed by atoms with E-state index in [1.165, 1.54) is 0 Å². The van der Waals surface area contributed by atoms with Crippen molar-refractivity contribution >= 4 is 11.6 Å². The quantitative estimate of drug-likeness (QED) is 0.880. The van der Waals surface area contributed by atoms with Gasteiger partial charge in [0.1, 0.15) is 5.75 Å². The van der Waals surface area contributed by atoms with E-state index in [4.69, 9.17) is 11.6 Å². The van der Waals surface area contributed by atoms with Crippen molar-refractivity contribution in [3.63, 3.8) is 0 Å². The number of hydrogen-bond donors (Lipinski definition) is 2. The van der Waals surface area contributed by atoms with Gasteiger partial charge in [-0.15, -0.1) is 0 Å². The van der Waals surface area contributed by atoms with Crippen molar-refractivity contribution in [2.24, 2.45) is 0 Å². The van der Waals surface area contributed by atoms with Gasteiger partial charge >= 0.3 is 0 Å². The minimum Gasteiger partial charge on any atom is -0.508 e. The number of pyridine rings is 1. The molecule has 3 nitrogen and oxygen atoms in total. The third-order valence-electron chi connectivity index (χ3n) is 2.93. The number of benzene rings is 1. The summed E-state index contributed by atoms with van der Waals surface area (Å²) in [5.74, 6) is 0.286. The predicted octanol–water partition coefficient (Wildman–Crippen LogP) is 3.33. The van der Waals surface area contributed by atoms with Crippen LogP contribution in [0.25, 0.3) is 0 Å². The maximum Gasteiger partial charge on any atom is 0.115 e. The Morgan fingerprint density at radius 1 is 1.21 bits per heavy atom. The fourth-order valence-corrected chi connectivity index (χ4v) is 2.10. The topological polar surface area (TPSA) is 45.1 Å². The number of likely N-dealkylation sites (N-methyl/N-ethyl adjacent to an activating group) is 1. The molecule has 0 spiro atoms. The number of rotatable bonds is 5. The number of phenolic OH excluding ortho intramolecular Hbond substituents is 1. The zero-order chi connectivity index (χ0) is 13.7. The van der Waals surface area contributed by atoms with Crippen LogP contribution in [0.5, 0.6) is 5.75 Å². The minimum absolute atomic E-state index is 0.145. The zero-order valence-electron chi connectivity index (χ0n) is 10.8. The average molecular weight is 277 g/mol. The van der Waals surface area contributed by atoms with Crippen LogP contribution in [0.3, 0.4) is 0 Å². The van der Waals surface area contributed by atoms with Gasteiger partial charge in [-0.05, 0) is 42.8 Å². The Bertz CT molecular complexity index is 511. The highest BCUT2D eigenvalue weighted by Crippen LogP contribution is 2.19. The van der Waals surface area contributed by atoms with Crippen molar-refractivity contribution < 1.29 is 5.11 Å². The first-order chi connectivity index (χ1) is 9.19. The highest BCUT2D eigenvalue weighted by molar-refractivity contribution is 6.30. The molecule has 1 heterocycles. The molecule has 1 aromatic carbocycles. The second-order valence-corrected chi connectivity index (χ2v) is 4.82.